The minimum atomic E-state index is -1.61. The molecule has 0 bridgehead atoms. The van der Waals surface area contributed by atoms with Gasteiger partial charge in [0.25, 0.3) is 0 Å². The lowest BCUT2D eigenvalue weighted by Crippen LogP contribution is -2.47. The predicted octanol–water partition coefficient (Wildman–Crippen LogP) is 1.71. The van der Waals surface area contributed by atoms with Crippen molar-refractivity contribution in [3.8, 4) is 0 Å². The second kappa shape index (κ2) is 5.53. The highest BCUT2D eigenvalue weighted by molar-refractivity contribution is 6.88. The molecule has 0 spiro atoms. The summed E-state index contributed by atoms with van der Waals surface area (Å²) in [6.07, 6.45) is 4.05. The van der Waals surface area contributed by atoms with Gasteiger partial charge in [-0.15, -0.1) is 5.10 Å². The standard InChI is InChI=1S/C16H20N4OSi/c1-22(2,3)16-15-13(10-9-12-7-5-4-6-8-12)17-14(21)11-20(15)19-18-16/h4-10,13H,11H2,1-3H3,(H,17,21)/b10-9+. The van der Waals surface area contributed by atoms with E-state index in [0.717, 1.165) is 16.6 Å². The Hall–Kier alpha value is -2.21. The largest absolute Gasteiger partial charge is 0.343 e. The molecular weight excluding hydrogens is 292 g/mol. The number of amides is 1. The molecule has 1 atom stereocenters. The summed E-state index contributed by atoms with van der Waals surface area (Å²) >= 11 is 0. The Balaban J connectivity index is 1.98. The van der Waals surface area contributed by atoms with Crippen LogP contribution in [0.1, 0.15) is 17.3 Å². The summed E-state index contributed by atoms with van der Waals surface area (Å²) in [7, 11) is -1.61. The highest BCUT2D eigenvalue weighted by atomic mass is 28.3. The van der Waals surface area contributed by atoms with Gasteiger partial charge in [-0.2, -0.15) is 0 Å². The summed E-state index contributed by atoms with van der Waals surface area (Å²) in [4.78, 5) is 11.9. The molecule has 2 aromatic rings. The third kappa shape index (κ3) is 2.87. The molecule has 1 aromatic carbocycles. The molecule has 1 aliphatic rings. The zero-order valence-electron chi connectivity index (χ0n) is 13.1. The van der Waals surface area contributed by atoms with Crippen molar-refractivity contribution in [3.63, 3.8) is 0 Å². The van der Waals surface area contributed by atoms with Crippen LogP contribution in [0.4, 0.5) is 0 Å². The van der Waals surface area contributed by atoms with Gasteiger partial charge in [-0.1, -0.05) is 67.3 Å². The molecule has 3 rings (SSSR count). The Morgan fingerprint density at radius 1 is 1.27 bits per heavy atom. The van der Waals surface area contributed by atoms with E-state index in [-0.39, 0.29) is 18.5 Å². The fourth-order valence-corrected chi connectivity index (χ4v) is 4.01. The number of hydrogen-bond donors (Lipinski definition) is 1. The minimum absolute atomic E-state index is 0.0257. The number of nitrogens with zero attached hydrogens (tertiary/aromatic N) is 3. The van der Waals surface area contributed by atoms with E-state index in [1.54, 1.807) is 4.68 Å². The maximum absolute atomic E-state index is 11.9. The molecule has 0 saturated carbocycles. The van der Waals surface area contributed by atoms with Gasteiger partial charge in [0.05, 0.1) is 17.1 Å². The fraction of sp³-hybridized carbons (Fsp3) is 0.312. The molecule has 114 valence electrons. The normalized spacial score (nSPS) is 18.3. The summed E-state index contributed by atoms with van der Waals surface area (Å²) < 4.78 is 1.74. The molecule has 22 heavy (non-hydrogen) atoms. The van der Waals surface area contributed by atoms with Crippen molar-refractivity contribution in [2.24, 2.45) is 0 Å². The maximum atomic E-state index is 11.9. The van der Waals surface area contributed by atoms with E-state index < -0.39 is 8.07 Å². The fourth-order valence-electron chi connectivity index (χ4n) is 2.61. The topological polar surface area (TPSA) is 59.8 Å². The number of fused-ring (bicyclic) bond motifs is 1. The number of hydrogen-bond acceptors (Lipinski definition) is 3. The van der Waals surface area contributed by atoms with Crippen LogP contribution in [0.5, 0.6) is 0 Å². The van der Waals surface area contributed by atoms with E-state index in [0.29, 0.717) is 0 Å². The molecule has 0 radical (unpaired) electrons. The van der Waals surface area contributed by atoms with Gasteiger partial charge in [0.1, 0.15) is 14.6 Å². The van der Waals surface area contributed by atoms with Crippen LogP contribution in [0.2, 0.25) is 19.6 Å². The first-order chi connectivity index (χ1) is 10.4. The molecule has 1 aliphatic heterocycles. The van der Waals surface area contributed by atoms with Crippen LogP contribution in [0.15, 0.2) is 36.4 Å². The van der Waals surface area contributed by atoms with Gasteiger partial charge in [0.15, 0.2) is 0 Å². The Bertz CT molecular complexity index is 715. The zero-order valence-corrected chi connectivity index (χ0v) is 14.1. The van der Waals surface area contributed by atoms with E-state index in [2.05, 4.69) is 35.3 Å². The monoisotopic (exact) mass is 312 g/mol. The second-order valence-electron chi connectivity index (χ2n) is 6.55. The number of aromatic nitrogens is 3. The lowest BCUT2D eigenvalue weighted by Gasteiger charge is -2.25. The van der Waals surface area contributed by atoms with Gasteiger partial charge in [0.2, 0.25) is 5.91 Å². The van der Waals surface area contributed by atoms with Crippen LogP contribution >= 0.6 is 0 Å². The summed E-state index contributed by atoms with van der Waals surface area (Å²) in [6.45, 7) is 6.98. The second-order valence-corrected chi connectivity index (χ2v) is 11.5. The van der Waals surface area contributed by atoms with Crippen molar-refractivity contribution in [3.05, 3.63) is 47.7 Å². The third-order valence-corrected chi connectivity index (χ3v) is 5.45. The molecular formula is C16H20N4OSi. The number of rotatable bonds is 3. The Morgan fingerprint density at radius 3 is 2.68 bits per heavy atom. The van der Waals surface area contributed by atoms with Gasteiger partial charge >= 0.3 is 0 Å². The lowest BCUT2D eigenvalue weighted by molar-refractivity contribution is -0.123. The Kier molecular flexibility index (Phi) is 3.70. The first-order valence-electron chi connectivity index (χ1n) is 7.41. The smallest absolute Gasteiger partial charge is 0.242 e. The quantitative estimate of drug-likeness (QED) is 0.878. The molecule has 1 unspecified atom stereocenters. The summed E-state index contributed by atoms with van der Waals surface area (Å²) in [5.74, 6) is -0.0257. The summed E-state index contributed by atoms with van der Waals surface area (Å²) in [5, 5.41) is 12.6. The summed E-state index contributed by atoms with van der Waals surface area (Å²) in [6, 6.07) is 9.89. The molecule has 6 heteroatoms. The zero-order chi connectivity index (χ0) is 15.7. The Labute approximate surface area is 131 Å². The molecule has 0 saturated heterocycles. The van der Waals surface area contributed by atoms with Crippen LogP contribution in [-0.2, 0) is 11.3 Å². The van der Waals surface area contributed by atoms with Crippen LogP contribution in [0.25, 0.3) is 6.08 Å². The van der Waals surface area contributed by atoms with Crippen molar-refractivity contribution in [1.82, 2.24) is 20.3 Å². The highest BCUT2D eigenvalue weighted by Gasteiger charge is 2.33. The molecule has 2 heterocycles. The van der Waals surface area contributed by atoms with E-state index in [9.17, 15) is 4.79 Å². The Morgan fingerprint density at radius 2 is 2.00 bits per heavy atom. The first kappa shape index (κ1) is 14.7. The van der Waals surface area contributed by atoms with Crippen LogP contribution in [0.3, 0.4) is 0 Å². The molecule has 5 nitrogen and oxygen atoms in total. The van der Waals surface area contributed by atoms with Crippen LogP contribution < -0.4 is 10.6 Å². The molecule has 0 fully saturated rings. The number of carbonyl (C=O) groups is 1. The SMILES string of the molecule is C[Si](C)(C)c1nnn2c1C(/C=C/c1ccccc1)NC(=O)C2. The molecule has 1 N–H and O–H groups in total. The number of benzene rings is 1. The van der Waals surface area contributed by atoms with E-state index >= 15 is 0 Å². The lowest BCUT2D eigenvalue weighted by atomic mass is 10.1. The van der Waals surface area contributed by atoms with E-state index in [4.69, 9.17) is 0 Å². The van der Waals surface area contributed by atoms with Crippen molar-refractivity contribution in [1.29, 1.82) is 0 Å². The van der Waals surface area contributed by atoms with Gasteiger partial charge in [-0.25, -0.2) is 4.68 Å². The predicted molar refractivity (Wildman–Crippen MR) is 89.4 cm³/mol. The maximum Gasteiger partial charge on any atom is 0.242 e. The molecule has 1 aromatic heterocycles. The highest BCUT2D eigenvalue weighted by Crippen LogP contribution is 2.20. The van der Waals surface area contributed by atoms with Crippen molar-refractivity contribution in [2.75, 3.05) is 0 Å². The van der Waals surface area contributed by atoms with Gasteiger partial charge in [0, 0.05) is 0 Å². The number of carbonyl (C=O) groups excluding carboxylic acids is 1. The van der Waals surface area contributed by atoms with E-state index in [1.807, 2.05) is 42.5 Å². The van der Waals surface area contributed by atoms with Gasteiger partial charge in [-0.05, 0) is 5.56 Å². The van der Waals surface area contributed by atoms with E-state index in [1.165, 1.54) is 0 Å². The molecule has 1 amide bonds. The minimum Gasteiger partial charge on any atom is -0.343 e. The van der Waals surface area contributed by atoms with Gasteiger partial charge < -0.3 is 5.32 Å². The average molecular weight is 312 g/mol. The average Bonchev–Trinajstić information content (AvgIpc) is 2.89. The third-order valence-electron chi connectivity index (χ3n) is 3.67. The van der Waals surface area contributed by atoms with Crippen LogP contribution in [-0.4, -0.2) is 29.0 Å². The van der Waals surface area contributed by atoms with Crippen molar-refractivity contribution >= 4 is 25.4 Å². The van der Waals surface area contributed by atoms with Crippen molar-refractivity contribution in [2.45, 2.75) is 32.2 Å². The van der Waals surface area contributed by atoms with Gasteiger partial charge in [-0.3, -0.25) is 4.79 Å². The summed E-state index contributed by atoms with van der Waals surface area (Å²) in [5.41, 5.74) is 2.14. The van der Waals surface area contributed by atoms with Crippen molar-refractivity contribution < 1.29 is 4.79 Å². The number of nitrogens with one attached hydrogen (secondary N) is 1. The van der Waals surface area contributed by atoms with Crippen LogP contribution in [0, 0.1) is 0 Å². The molecule has 0 aliphatic carbocycles. The first-order valence-corrected chi connectivity index (χ1v) is 10.9.